The first-order valence-electron chi connectivity index (χ1n) is 6.33. The lowest BCUT2D eigenvalue weighted by Gasteiger charge is -2.39. The first-order valence-corrected chi connectivity index (χ1v) is 7.48. The third kappa shape index (κ3) is 2.89. The molecule has 2 aliphatic heterocycles. The van der Waals surface area contributed by atoms with Gasteiger partial charge < -0.3 is 5.73 Å². The maximum absolute atomic E-state index is 5.97. The Morgan fingerprint density at radius 2 is 2.07 bits per heavy atom. The summed E-state index contributed by atoms with van der Waals surface area (Å²) in [6.07, 6.45) is 4.13. The van der Waals surface area contributed by atoms with Crippen molar-refractivity contribution >= 4 is 11.8 Å². The number of hydrogen-bond donors (Lipinski definition) is 1. The van der Waals surface area contributed by atoms with Gasteiger partial charge in [-0.1, -0.05) is 6.92 Å². The summed E-state index contributed by atoms with van der Waals surface area (Å²) in [5.41, 5.74) is 5.97. The van der Waals surface area contributed by atoms with Crippen molar-refractivity contribution in [2.45, 2.75) is 32.2 Å². The monoisotopic (exact) mass is 228 g/mol. The molecule has 2 aliphatic rings. The van der Waals surface area contributed by atoms with E-state index in [1.807, 2.05) is 0 Å². The lowest BCUT2D eigenvalue weighted by molar-refractivity contribution is 0.109. The Morgan fingerprint density at radius 3 is 2.60 bits per heavy atom. The third-order valence-corrected chi connectivity index (χ3v) is 5.23. The van der Waals surface area contributed by atoms with Crippen LogP contribution in [0, 0.1) is 11.8 Å². The third-order valence-electron chi connectivity index (χ3n) is 4.04. The second-order valence-electron chi connectivity index (χ2n) is 5.15. The largest absolute Gasteiger partial charge is 0.329 e. The van der Waals surface area contributed by atoms with Gasteiger partial charge in [0.1, 0.15) is 0 Å². The highest BCUT2D eigenvalue weighted by Crippen LogP contribution is 2.30. The number of nitrogens with two attached hydrogens (primary N) is 1. The van der Waals surface area contributed by atoms with E-state index in [0.29, 0.717) is 6.04 Å². The molecule has 0 amide bonds. The van der Waals surface area contributed by atoms with E-state index >= 15 is 0 Å². The van der Waals surface area contributed by atoms with Crippen LogP contribution in [-0.2, 0) is 0 Å². The van der Waals surface area contributed by atoms with Crippen molar-refractivity contribution in [1.29, 1.82) is 0 Å². The van der Waals surface area contributed by atoms with Crippen LogP contribution in [0.1, 0.15) is 26.2 Å². The van der Waals surface area contributed by atoms with Crippen molar-refractivity contribution in [3.63, 3.8) is 0 Å². The van der Waals surface area contributed by atoms with Crippen LogP contribution in [0.25, 0.3) is 0 Å². The lowest BCUT2D eigenvalue weighted by atomic mass is 9.92. The molecule has 2 N–H and O–H groups in total. The van der Waals surface area contributed by atoms with Crippen molar-refractivity contribution in [3.05, 3.63) is 0 Å². The van der Waals surface area contributed by atoms with Gasteiger partial charge in [-0.2, -0.15) is 11.8 Å². The number of rotatable bonds is 3. The molecule has 2 atom stereocenters. The summed E-state index contributed by atoms with van der Waals surface area (Å²) in [4.78, 5) is 2.66. The Kier molecular flexibility index (Phi) is 4.35. The molecule has 0 aromatic rings. The summed E-state index contributed by atoms with van der Waals surface area (Å²) < 4.78 is 0. The zero-order valence-corrected chi connectivity index (χ0v) is 10.6. The van der Waals surface area contributed by atoms with Crippen molar-refractivity contribution in [2.75, 3.05) is 31.1 Å². The summed E-state index contributed by atoms with van der Waals surface area (Å²) in [6, 6.07) is 0.674. The fourth-order valence-corrected chi connectivity index (χ4v) is 4.18. The average Bonchev–Trinajstić information content (AvgIpc) is 2.75. The van der Waals surface area contributed by atoms with Gasteiger partial charge in [-0.3, -0.25) is 4.90 Å². The molecule has 2 heterocycles. The van der Waals surface area contributed by atoms with Crippen LogP contribution in [0.5, 0.6) is 0 Å². The Balaban J connectivity index is 1.88. The maximum Gasteiger partial charge on any atom is 0.0254 e. The van der Waals surface area contributed by atoms with Crippen LogP contribution in [-0.4, -0.2) is 42.1 Å². The summed E-state index contributed by atoms with van der Waals surface area (Å²) in [6.45, 7) is 5.80. The normalized spacial score (nSPS) is 32.0. The van der Waals surface area contributed by atoms with Crippen molar-refractivity contribution in [2.24, 2.45) is 17.6 Å². The molecule has 0 aromatic heterocycles. The SMILES string of the molecule is CC1CCN(C(CN)C2CCSC2)CC1. The van der Waals surface area contributed by atoms with E-state index in [2.05, 4.69) is 23.6 Å². The molecule has 0 aromatic carbocycles. The Labute approximate surface area is 98.0 Å². The molecule has 0 saturated carbocycles. The second-order valence-corrected chi connectivity index (χ2v) is 6.30. The molecule has 2 fully saturated rings. The minimum atomic E-state index is 0.674. The van der Waals surface area contributed by atoms with Crippen LogP contribution in [0.3, 0.4) is 0 Å². The Bertz CT molecular complexity index is 184. The van der Waals surface area contributed by atoms with Gasteiger partial charge in [-0.15, -0.1) is 0 Å². The predicted octanol–water partition coefficient (Wildman–Crippen LogP) is 1.80. The van der Waals surface area contributed by atoms with Gasteiger partial charge in [0, 0.05) is 12.6 Å². The molecule has 3 heteroatoms. The highest BCUT2D eigenvalue weighted by atomic mass is 32.2. The minimum absolute atomic E-state index is 0.674. The predicted molar refractivity (Wildman–Crippen MR) is 68.2 cm³/mol. The second kappa shape index (κ2) is 5.55. The van der Waals surface area contributed by atoms with Crippen molar-refractivity contribution in [1.82, 2.24) is 4.90 Å². The molecule has 2 nitrogen and oxygen atoms in total. The zero-order chi connectivity index (χ0) is 10.7. The van der Waals surface area contributed by atoms with E-state index in [0.717, 1.165) is 18.4 Å². The fourth-order valence-electron chi connectivity index (χ4n) is 2.86. The number of likely N-dealkylation sites (tertiary alicyclic amines) is 1. The molecule has 0 spiro atoms. The first kappa shape index (κ1) is 11.7. The summed E-state index contributed by atoms with van der Waals surface area (Å²) in [7, 11) is 0. The molecule has 88 valence electrons. The molecule has 2 saturated heterocycles. The van der Waals surface area contributed by atoms with Crippen LogP contribution in [0.4, 0.5) is 0 Å². The topological polar surface area (TPSA) is 29.3 Å². The molecule has 15 heavy (non-hydrogen) atoms. The molecule has 2 rings (SSSR count). The molecule has 0 bridgehead atoms. The van der Waals surface area contributed by atoms with Crippen molar-refractivity contribution in [3.8, 4) is 0 Å². The first-order chi connectivity index (χ1) is 7.31. The number of hydrogen-bond acceptors (Lipinski definition) is 3. The quantitative estimate of drug-likeness (QED) is 0.799. The number of nitrogens with zero attached hydrogens (tertiary/aromatic N) is 1. The van der Waals surface area contributed by atoms with Crippen LogP contribution < -0.4 is 5.73 Å². The number of piperidine rings is 1. The summed E-state index contributed by atoms with van der Waals surface area (Å²) in [5, 5.41) is 0. The molecular weight excluding hydrogens is 204 g/mol. The van der Waals surface area contributed by atoms with E-state index in [1.165, 1.54) is 43.9 Å². The highest BCUT2D eigenvalue weighted by molar-refractivity contribution is 7.99. The number of thioether (sulfide) groups is 1. The fraction of sp³-hybridized carbons (Fsp3) is 1.00. The van der Waals surface area contributed by atoms with Gasteiger partial charge in [-0.05, 0) is 55.7 Å². The van der Waals surface area contributed by atoms with Crippen molar-refractivity contribution < 1.29 is 0 Å². The van der Waals surface area contributed by atoms with Crippen LogP contribution in [0.2, 0.25) is 0 Å². The van der Waals surface area contributed by atoms with E-state index in [9.17, 15) is 0 Å². The van der Waals surface area contributed by atoms with Gasteiger partial charge in [0.05, 0.1) is 0 Å². The molecule has 2 unspecified atom stereocenters. The smallest absolute Gasteiger partial charge is 0.0254 e. The van der Waals surface area contributed by atoms with Crippen LogP contribution >= 0.6 is 11.8 Å². The Hall–Kier alpha value is 0.270. The van der Waals surface area contributed by atoms with E-state index in [4.69, 9.17) is 5.73 Å². The van der Waals surface area contributed by atoms with Gasteiger partial charge in [0.2, 0.25) is 0 Å². The van der Waals surface area contributed by atoms with Crippen LogP contribution in [0.15, 0.2) is 0 Å². The summed E-state index contributed by atoms with van der Waals surface area (Å²) >= 11 is 2.11. The van der Waals surface area contributed by atoms with Gasteiger partial charge in [0.15, 0.2) is 0 Å². The summed E-state index contributed by atoms with van der Waals surface area (Å²) in [5.74, 6) is 4.49. The van der Waals surface area contributed by atoms with E-state index in [1.54, 1.807) is 0 Å². The van der Waals surface area contributed by atoms with Gasteiger partial charge in [0.25, 0.3) is 0 Å². The van der Waals surface area contributed by atoms with Gasteiger partial charge in [-0.25, -0.2) is 0 Å². The highest BCUT2D eigenvalue weighted by Gasteiger charge is 2.30. The zero-order valence-electron chi connectivity index (χ0n) is 9.82. The van der Waals surface area contributed by atoms with Gasteiger partial charge >= 0.3 is 0 Å². The van der Waals surface area contributed by atoms with E-state index in [-0.39, 0.29) is 0 Å². The Morgan fingerprint density at radius 1 is 1.33 bits per heavy atom. The molecule has 0 aliphatic carbocycles. The van der Waals surface area contributed by atoms with E-state index < -0.39 is 0 Å². The average molecular weight is 228 g/mol. The molecule has 0 radical (unpaired) electrons. The maximum atomic E-state index is 5.97. The molecular formula is C12H24N2S. The standard InChI is InChI=1S/C12H24N2S/c1-10-2-5-14(6-3-10)12(8-13)11-4-7-15-9-11/h10-12H,2-9,13H2,1H3. The lowest BCUT2D eigenvalue weighted by Crippen LogP contribution is -2.48. The minimum Gasteiger partial charge on any atom is -0.329 e.